The van der Waals surface area contributed by atoms with Crippen LogP contribution in [0.1, 0.15) is 61.8 Å². The maximum absolute atomic E-state index is 13.4. The minimum absolute atomic E-state index is 0.227. The van der Waals surface area contributed by atoms with Crippen LogP contribution in [0.2, 0.25) is 0 Å². The van der Waals surface area contributed by atoms with Gasteiger partial charge in [-0.2, -0.15) is 0 Å². The maximum atomic E-state index is 13.4. The summed E-state index contributed by atoms with van der Waals surface area (Å²) in [6.45, 7) is 2.39. The fraction of sp³-hybridized carbons (Fsp3) is 0.607. The molecule has 178 valence electrons. The minimum Gasteiger partial charge on any atom is -0.342 e. The molecule has 0 radical (unpaired) electrons. The summed E-state index contributed by atoms with van der Waals surface area (Å²) >= 11 is 1.88. The number of amides is 2. The average molecular weight is 476 g/mol. The lowest BCUT2D eigenvalue weighted by Gasteiger charge is -2.30. The molecule has 0 N–H and O–H groups in total. The van der Waals surface area contributed by atoms with Crippen LogP contribution < -0.4 is 0 Å². The zero-order chi connectivity index (χ0) is 22.9. The van der Waals surface area contributed by atoms with Crippen molar-refractivity contribution in [2.45, 2.75) is 63.3 Å². The van der Waals surface area contributed by atoms with Crippen LogP contribution in [0.3, 0.4) is 0 Å². The molecule has 2 unspecified atom stereocenters. The molecule has 34 heavy (non-hydrogen) atoms. The highest BCUT2D eigenvalue weighted by Crippen LogP contribution is 2.47. The number of allylic oxidation sites excluding steroid dienone is 2. The number of amidine groups is 1. The van der Waals surface area contributed by atoms with E-state index in [2.05, 4.69) is 34.6 Å². The first-order valence-electron chi connectivity index (χ1n) is 13.3. The van der Waals surface area contributed by atoms with E-state index in [4.69, 9.17) is 4.99 Å². The highest BCUT2D eigenvalue weighted by Gasteiger charge is 2.58. The van der Waals surface area contributed by atoms with Gasteiger partial charge in [0.15, 0.2) is 0 Å². The first-order valence-corrected chi connectivity index (χ1v) is 14.1. The molecule has 3 fully saturated rings. The van der Waals surface area contributed by atoms with Crippen molar-refractivity contribution in [3.8, 4) is 0 Å². The van der Waals surface area contributed by atoms with Crippen molar-refractivity contribution >= 4 is 35.1 Å². The van der Waals surface area contributed by atoms with Gasteiger partial charge in [0, 0.05) is 36.3 Å². The van der Waals surface area contributed by atoms with Crippen molar-refractivity contribution in [1.82, 2.24) is 9.80 Å². The van der Waals surface area contributed by atoms with E-state index in [9.17, 15) is 9.59 Å². The number of hydrogen-bond acceptors (Lipinski definition) is 4. The lowest BCUT2D eigenvalue weighted by atomic mass is 9.80. The topological polar surface area (TPSA) is 53.0 Å². The number of carbonyl (C=O) groups excluding carboxylic acids is 2. The average Bonchev–Trinajstić information content (AvgIpc) is 3.74. The van der Waals surface area contributed by atoms with Gasteiger partial charge in [-0.05, 0) is 86.6 Å². The Labute approximate surface area is 205 Å². The van der Waals surface area contributed by atoms with Crippen molar-refractivity contribution < 1.29 is 9.59 Å². The third kappa shape index (κ3) is 3.60. The molecule has 2 amide bonds. The molecule has 5 nitrogen and oxygen atoms in total. The van der Waals surface area contributed by atoms with Crippen LogP contribution in [-0.4, -0.2) is 52.6 Å². The summed E-state index contributed by atoms with van der Waals surface area (Å²) in [5.41, 5.74) is 2.54. The monoisotopic (exact) mass is 475 g/mol. The van der Waals surface area contributed by atoms with Crippen LogP contribution >= 0.6 is 11.3 Å². The van der Waals surface area contributed by atoms with E-state index in [1.807, 2.05) is 16.2 Å². The number of likely N-dealkylation sites (tertiary alicyclic amines) is 1. The summed E-state index contributed by atoms with van der Waals surface area (Å²) in [6, 6.07) is 2.25. The van der Waals surface area contributed by atoms with E-state index in [0.29, 0.717) is 17.7 Å². The number of hydrogen-bond donors (Lipinski definition) is 0. The van der Waals surface area contributed by atoms with E-state index in [-0.39, 0.29) is 17.7 Å². The third-order valence-electron chi connectivity index (χ3n) is 8.87. The molecule has 1 spiro atoms. The molecule has 6 aliphatic rings. The Morgan fingerprint density at radius 1 is 1.09 bits per heavy atom. The normalized spacial score (nSPS) is 31.6. The fourth-order valence-electron chi connectivity index (χ4n) is 6.46. The summed E-state index contributed by atoms with van der Waals surface area (Å²) in [6.07, 6.45) is 16.6. The Kier molecular flexibility index (Phi) is 4.91. The number of nitrogens with zero attached hydrogens (tertiary/aromatic N) is 3. The molecule has 0 aromatic carbocycles. The second-order valence-electron chi connectivity index (χ2n) is 11.3. The standard InChI is InChI=1S/C28H33N3O2S/c32-26(21-5-6-21)30-13-9-18(16-30)17-31-25(29-28(11-12-28)27(31)33)20-3-1-19(2-4-20)22-7-8-24-23(15-22)10-14-34-24/h1,3,10,14-15,18-21H,2,4-9,11-13,16-17H2/t18-,19?,20?/m0/s1. The molecular formula is C28H33N3O2S. The molecule has 3 heterocycles. The molecule has 0 bridgehead atoms. The van der Waals surface area contributed by atoms with Crippen LogP contribution in [0.5, 0.6) is 0 Å². The van der Waals surface area contributed by atoms with E-state index in [0.717, 1.165) is 70.4 Å². The van der Waals surface area contributed by atoms with Gasteiger partial charge in [0.25, 0.3) is 5.91 Å². The fourth-order valence-corrected chi connectivity index (χ4v) is 7.33. The molecule has 7 rings (SSSR count). The molecule has 1 aromatic rings. The van der Waals surface area contributed by atoms with Crippen LogP contribution in [0.15, 0.2) is 34.2 Å². The zero-order valence-electron chi connectivity index (χ0n) is 19.7. The molecule has 1 aromatic heterocycles. The lowest BCUT2D eigenvalue weighted by molar-refractivity contribution is -0.131. The smallest absolute Gasteiger partial charge is 0.255 e. The molecule has 3 atom stereocenters. The van der Waals surface area contributed by atoms with Crippen molar-refractivity contribution in [3.05, 3.63) is 39.6 Å². The van der Waals surface area contributed by atoms with E-state index >= 15 is 0 Å². The highest BCUT2D eigenvalue weighted by molar-refractivity contribution is 7.10. The summed E-state index contributed by atoms with van der Waals surface area (Å²) in [4.78, 5) is 36.5. The van der Waals surface area contributed by atoms with Gasteiger partial charge in [-0.15, -0.1) is 11.3 Å². The van der Waals surface area contributed by atoms with Gasteiger partial charge in [0.2, 0.25) is 5.91 Å². The van der Waals surface area contributed by atoms with Crippen molar-refractivity contribution in [3.63, 3.8) is 0 Å². The SMILES string of the molecule is O=C(C1CC1)N1CC[C@H](CN2C(=O)C3(CC3)N=C2C2C=CC(C3=Cc4ccsc4CC3)CC2)C1. The summed E-state index contributed by atoms with van der Waals surface area (Å²) in [7, 11) is 0. The molecule has 1 saturated heterocycles. The summed E-state index contributed by atoms with van der Waals surface area (Å²) in [5.74, 6) is 3.00. The number of rotatable bonds is 5. The second kappa shape index (κ2) is 7.91. The Bertz CT molecular complexity index is 1120. The van der Waals surface area contributed by atoms with Gasteiger partial charge in [0.05, 0.1) is 0 Å². The Hall–Kier alpha value is -2.21. The number of fused-ring (bicyclic) bond motifs is 1. The molecular weight excluding hydrogens is 442 g/mol. The van der Waals surface area contributed by atoms with Gasteiger partial charge >= 0.3 is 0 Å². The molecule has 2 aliphatic heterocycles. The van der Waals surface area contributed by atoms with Crippen LogP contribution in [0.25, 0.3) is 6.08 Å². The molecule has 2 saturated carbocycles. The van der Waals surface area contributed by atoms with E-state index < -0.39 is 5.54 Å². The van der Waals surface area contributed by atoms with Crippen molar-refractivity contribution in [1.29, 1.82) is 0 Å². The van der Waals surface area contributed by atoms with Gasteiger partial charge in [-0.25, -0.2) is 0 Å². The quantitative estimate of drug-likeness (QED) is 0.580. The number of aliphatic imine (C=N–C) groups is 1. The lowest BCUT2D eigenvalue weighted by Crippen LogP contribution is -2.43. The van der Waals surface area contributed by atoms with Gasteiger partial charge in [0.1, 0.15) is 11.4 Å². The predicted molar refractivity (Wildman–Crippen MR) is 134 cm³/mol. The summed E-state index contributed by atoms with van der Waals surface area (Å²) < 4.78 is 0. The van der Waals surface area contributed by atoms with Gasteiger partial charge in [-0.1, -0.05) is 23.8 Å². The van der Waals surface area contributed by atoms with Crippen LogP contribution in [0.4, 0.5) is 0 Å². The Balaban J connectivity index is 1.05. The summed E-state index contributed by atoms with van der Waals surface area (Å²) in [5, 5.41) is 2.21. The second-order valence-corrected chi connectivity index (χ2v) is 12.3. The largest absolute Gasteiger partial charge is 0.342 e. The molecule has 6 heteroatoms. The number of carbonyl (C=O) groups is 2. The predicted octanol–water partition coefficient (Wildman–Crippen LogP) is 4.69. The number of thiophene rings is 1. The Morgan fingerprint density at radius 2 is 1.91 bits per heavy atom. The van der Waals surface area contributed by atoms with Crippen LogP contribution in [0, 0.1) is 23.7 Å². The zero-order valence-corrected chi connectivity index (χ0v) is 20.6. The Morgan fingerprint density at radius 3 is 2.68 bits per heavy atom. The highest BCUT2D eigenvalue weighted by atomic mass is 32.1. The van der Waals surface area contributed by atoms with E-state index in [1.54, 1.807) is 5.57 Å². The first kappa shape index (κ1) is 21.1. The van der Waals surface area contributed by atoms with Crippen LogP contribution in [-0.2, 0) is 16.0 Å². The van der Waals surface area contributed by atoms with Gasteiger partial charge in [-0.3, -0.25) is 19.5 Å². The van der Waals surface area contributed by atoms with E-state index in [1.165, 1.54) is 23.3 Å². The maximum Gasteiger partial charge on any atom is 0.255 e. The van der Waals surface area contributed by atoms with Gasteiger partial charge < -0.3 is 4.90 Å². The third-order valence-corrected chi connectivity index (χ3v) is 9.87. The number of aryl methyl sites for hydroxylation is 1. The first-order chi connectivity index (χ1) is 16.6. The minimum atomic E-state index is -0.441. The molecule has 4 aliphatic carbocycles. The van der Waals surface area contributed by atoms with Crippen molar-refractivity contribution in [2.75, 3.05) is 19.6 Å². The van der Waals surface area contributed by atoms with Crippen molar-refractivity contribution in [2.24, 2.45) is 28.7 Å².